The second kappa shape index (κ2) is 11.9. The summed E-state index contributed by atoms with van der Waals surface area (Å²) in [5.74, 6) is -1.57. The van der Waals surface area contributed by atoms with Gasteiger partial charge in [0, 0.05) is 25.6 Å². The normalized spacial score (nSPS) is 12.3. The van der Waals surface area contributed by atoms with Crippen molar-refractivity contribution in [2.75, 3.05) is 17.1 Å². The summed E-state index contributed by atoms with van der Waals surface area (Å²) in [6.45, 7) is 5.34. The van der Waals surface area contributed by atoms with Crippen molar-refractivity contribution in [3.8, 4) is 0 Å². The first-order valence-corrected chi connectivity index (χ1v) is 12.8. The topological polar surface area (TPSA) is 86.8 Å². The predicted molar refractivity (Wildman–Crippen MR) is 128 cm³/mol. The predicted octanol–water partition coefficient (Wildman–Crippen LogP) is 3.45. The number of carbonyl (C=O) groups is 2. The molecule has 0 spiro atoms. The largest absolute Gasteiger partial charge is 0.352 e. The van der Waals surface area contributed by atoms with Crippen molar-refractivity contribution >= 4 is 27.5 Å². The highest BCUT2D eigenvalue weighted by Gasteiger charge is 2.27. The Labute approximate surface area is 199 Å². The van der Waals surface area contributed by atoms with E-state index in [1.807, 2.05) is 13.8 Å². The van der Waals surface area contributed by atoms with E-state index in [-0.39, 0.29) is 43.8 Å². The molecule has 1 atom stereocenters. The minimum atomic E-state index is -3.66. The molecular formula is C24H31F2N3O4S. The van der Waals surface area contributed by atoms with Gasteiger partial charge in [0.05, 0.1) is 11.9 Å². The van der Waals surface area contributed by atoms with E-state index in [9.17, 15) is 26.8 Å². The van der Waals surface area contributed by atoms with Crippen LogP contribution in [0, 0.1) is 11.6 Å². The Balaban J connectivity index is 2.15. The zero-order valence-corrected chi connectivity index (χ0v) is 20.6. The molecule has 0 heterocycles. The van der Waals surface area contributed by atoms with Gasteiger partial charge in [-0.15, -0.1) is 0 Å². The van der Waals surface area contributed by atoms with Crippen molar-refractivity contribution in [2.45, 2.75) is 52.2 Å². The van der Waals surface area contributed by atoms with Gasteiger partial charge in [0.2, 0.25) is 21.8 Å². The van der Waals surface area contributed by atoms with Crippen molar-refractivity contribution < 1.29 is 26.8 Å². The van der Waals surface area contributed by atoms with E-state index in [1.165, 1.54) is 29.2 Å². The molecule has 10 heteroatoms. The summed E-state index contributed by atoms with van der Waals surface area (Å²) < 4.78 is 52.1. The Hall–Kier alpha value is -3.01. The summed E-state index contributed by atoms with van der Waals surface area (Å²) in [6, 6.07) is 9.79. The van der Waals surface area contributed by atoms with Gasteiger partial charge in [0.1, 0.15) is 17.7 Å². The van der Waals surface area contributed by atoms with Gasteiger partial charge in [-0.25, -0.2) is 17.2 Å². The maximum Gasteiger partial charge on any atom is 0.242 e. The second-order valence-electron chi connectivity index (χ2n) is 8.40. The summed E-state index contributed by atoms with van der Waals surface area (Å²) >= 11 is 0. The van der Waals surface area contributed by atoms with Gasteiger partial charge in [0.25, 0.3) is 0 Å². The fraction of sp³-hybridized carbons (Fsp3) is 0.417. The Morgan fingerprint density at radius 3 is 1.97 bits per heavy atom. The van der Waals surface area contributed by atoms with E-state index in [0.717, 1.165) is 22.7 Å². The van der Waals surface area contributed by atoms with Gasteiger partial charge in [-0.2, -0.15) is 0 Å². The molecule has 2 amide bonds. The third kappa shape index (κ3) is 8.09. The van der Waals surface area contributed by atoms with Crippen LogP contribution < -0.4 is 9.62 Å². The fourth-order valence-corrected chi connectivity index (χ4v) is 4.35. The maximum absolute atomic E-state index is 13.3. The number of anilines is 1. The lowest BCUT2D eigenvalue weighted by molar-refractivity contribution is -0.140. The van der Waals surface area contributed by atoms with Crippen LogP contribution in [-0.2, 0) is 26.2 Å². The van der Waals surface area contributed by atoms with Crippen LogP contribution in [0.4, 0.5) is 14.5 Å². The van der Waals surface area contributed by atoms with Crippen LogP contribution in [0.5, 0.6) is 0 Å². The van der Waals surface area contributed by atoms with Gasteiger partial charge < -0.3 is 10.2 Å². The molecule has 0 aliphatic rings. The molecule has 0 aromatic heterocycles. The Morgan fingerprint density at radius 2 is 1.47 bits per heavy atom. The van der Waals surface area contributed by atoms with Crippen LogP contribution >= 0.6 is 0 Å². The number of sulfonamides is 1. The molecule has 0 fully saturated rings. The molecule has 2 aromatic rings. The maximum atomic E-state index is 13.3. The second-order valence-corrected chi connectivity index (χ2v) is 10.3. The number of hydrogen-bond donors (Lipinski definition) is 1. The highest BCUT2D eigenvalue weighted by atomic mass is 32.2. The monoisotopic (exact) mass is 495 g/mol. The summed E-state index contributed by atoms with van der Waals surface area (Å²) in [5.41, 5.74) is 0.951. The molecule has 0 saturated carbocycles. The molecule has 0 bridgehead atoms. The van der Waals surface area contributed by atoms with E-state index in [2.05, 4.69) is 5.32 Å². The average Bonchev–Trinajstić information content (AvgIpc) is 2.75. The lowest BCUT2D eigenvalue weighted by Gasteiger charge is -2.30. The van der Waals surface area contributed by atoms with Gasteiger partial charge >= 0.3 is 0 Å². The first-order chi connectivity index (χ1) is 15.9. The summed E-state index contributed by atoms with van der Waals surface area (Å²) in [5, 5.41) is 2.78. The van der Waals surface area contributed by atoms with Crippen molar-refractivity contribution in [1.29, 1.82) is 0 Å². The standard InChI is InChI=1S/C24H31F2N3O4S/c1-17(2)27-24(31)18(3)28(16-19-7-9-20(25)10-8-19)23(30)6-5-15-29(34(4,32)33)22-13-11-21(26)12-14-22/h7-14,17-18H,5-6,15-16H2,1-4H3,(H,27,31). The average molecular weight is 496 g/mol. The van der Waals surface area contributed by atoms with Crippen LogP contribution in [-0.4, -0.2) is 50.0 Å². The number of nitrogens with zero attached hydrogens (tertiary/aromatic N) is 2. The lowest BCUT2D eigenvalue weighted by atomic mass is 10.1. The Bertz CT molecular complexity index is 1070. The van der Waals surface area contributed by atoms with Crippen LogP contribution in [0.1, 0.15) is 39.2 Å². The first kappa shape index (κ1) is 27.2. The molecule has 7 nitrogen and oxygen atoms in total. The molecule has 34 heavy (non-hydrogen) atoms. The van der Waals surface area contributed by atoms with Crippen molar-refractivity contribution in [2.24, 2.45) is 0 Å². The SMILES string of the molecule is CC(C)NC(=O)C(C)N(Cc1ccc(F)cc1)C(=O)CCCN(c1ccc(F)cc1)S(C)(=O)=O. The van der Waals surface area contributed by atoms with E-state index in [4.69, 9.17) is 0 Å². The van der Waals surface area contributed by atoms with Crippen LogP contribution in [0.2, 0.25) is 0 Å². The molecule has 2 aromatic carbocycles. The van der Waals surface area contributed by atoms with Gasteiger partial charge in [-0.1, -0.05) is 12.1 Å². The molecular weight excluding hydrogens is 464 g/mol. The van der Waals surface area contributed by atoms with Crippen molar-refractivity contribution in [1.82, 2.24) is 10.2 Å². The number of carbonyl (C=O) groups excluding carboxylic acids is 2. The number of amides is 2. The number of hydrogen-bond acceptors (Lipinski definition) is 4. The fourth-order valence-electron chi connectivity index (χ4n) is 3.39. The van der Waals surface area contributed by atoms with Crippen LogP contribution in [0.3, 0.4) is 0 Å². The zero-order chi connectivity index (χ0) is 25.5. The molecule has 186 valence electrons. The summed E-state index contributed by atoms with van der Waals surface area (Å²) in [7, 11) is -3.66. The molecule has 1 unspecified atom stereocenters. The molecule has 0 aliphatic heterocycles. The van der Waals surface area contributed by atoms with Crippen LogP contribution in [0.25, 0.3) is 0 Å². The minimum absolute atomic E-state index is 0.00711. The zero-order valence-electron chi connectivity index (χ0n) is 19.8. The quantitative estimate of drug-likeness (QED) is 0.517. The molecule has 2 rings (SSSR count). The van der Waals surface area contributed by atoms with Crippen LogP contribution in [0.15, 0.2) is 48.5 Å². The van der Waals surface area contributed by atoms with Crippen molar-refractivity contribution in [3.05, 3.63) is 65.7 Å². The third-order valence-electron chi connectivity index (χ3n) is 5.13. The number of nitrogens with one attached hydrogen (secondary N) is 1. The minimum Gasteiger partial charge on any atom is -0.352 e. The van der Waals surface area contributed by atoms with Gasteiger partial charge in [-0.3, -0.25) is 13.9 Å². The molecule has 0 radical (unpaired) electrons. The summed E-state index contributed by atoms with van der Waals surface area (Å²) in [6.07, 6.45) is 1.20. The molecule has 0 saturated heterocycles. The third-order valence-corrected chi connectivity index (χ3v) is 6.33. The molecule has 0 aliphatic carbocycles. The molecule has 1 N–H and O–H groups in total. The Morgan fingerprint density at radius 1 is 0.941 bits per heavy atom. The smallest absolute Gasteiger partial charge is 0.242 e. The van der Waals surface area contributed by atoms with E-state index in [0.29, 0.717) is 11.3 Å². The highest BCUT2D eigenvalue weighted by molar-refractivity contribution is 7.92. The summed E-state index contributed by atoms with van der Waals surface area (Å²) in [4.78, 5) is 27.1. The Kier molecular flexibility index (Phi) is 9.55. The number of halogens is 2. The first-order valence-electron chi connectivity index (χ1n) is 11.0. The number of benzene rings is 2. The van der Waals surface area contributed by atoms with Crippen molar-refractivity contribution in [3.63, 3.8) is 0 Å². The highest BCUT2D eigenvalue weighted by Crippen LogP contribution is 2.19. The van der Waals surface area contributed by atoms with E-state index >= 15 is 0 Å². The number of rotatable bonds is 11. The van der Waals surface area contributed by atoms with Gasteiger partial charge in [-0.05, 0) is 69.2 Å². The van der Waals surface area contributed by atoms with E-state index < -0.39 is 27.7 Å². The lowest BCUT2D eigenvalue weighted by Crippen LogP contribution is -2.49. The van der Waals surface area contributed by atoms with Gasteiger partial charge in [0.15, 0.2) is 0 Å². The van der Waals surface area contributed by atoms with E-state index in [1.54, 1.807) is 19.1 Å².